The van der Waals surface area contributed by atoms with Crippen molar-refractivity contribution in [3.05, 3.63) is 88.0 Å². The molecule has 0 unspecified atom stereocenters. The molecule has 142 valence electrons. The van der Waals surface area contributed by atoms with Crippen molar-refractivity contribution in [2.45, 2.75) is 13.8 Å². The Labute approximate surface area is 166 Å². The minimum Gasteiger partial charge on any atom is -0.322 e. The van der Waals surface area contributed by atoms with Gasteiger partial charge in [-0.2, -0.15) is 0 Å². The molecule has 0 fully saturated rings. The molecule has 0 radical (unpaired) electrons. The van der Waals surface area contributed by atoms with E-state index in [1.54, 1.807) is 0 Å². The average Bonchev–Trinajstić information content (AvgIpc) is 2.67. The number of nitrogens with one attached hydrogen (secondary N) is 2. The molecule has 2 amide bonds. The van der Waals surface area contributed by atoms with Gasteiger partial charge in [0.2, 0.25) is 0 Å². The van der Waals surface area contributed by atoms with Crippen LogP contribution in [0.1, 0.15) is 32.0 Å². The largest absolute Gasteiger partial charge is 0.322 e. The maximum absolute atomic E-state index is 13.2. The van der Waals surface area contributed by atoms with Gasteiger partial charge in [-0.3, -0.25) is 14.6 Å². The predicted molar refractivity (Wildman–Crippen MR) is 107 cm³/mol. The number of carbonyl (C=O) groups is 2. The van der Waals surface area contributed by atoms with Crippen LogP contribution in [0.5, 0.6) is 0 Å². The third kappa shape index (κ3) is 4.35. The molecule has 2 N–H and O–H groups in total. The van der Waals surface area contributed by atoms with Crippen molar-refractivity contribution in [2.75, 3.05) is 10.6 Å². The van der Waals surface area contributed by atoms with Crippen molar-refractivity contribution in [1.29, 1.82) is 0 Å². The van der Waals surface area contributed by atoms with Crippen LogP contribution >= 0.6 is 11.6 Å². The second-order valence-electron chi connectivity index (χ2n) is 6.23. The predicted octanol–water partition coefficient (Wildman–Crippen LogP) is 5.00. The lowest BCUT2D eigenvalue weighted by Gasteiger charge is -2.12. The Kier molecular flexibility index (Phi) is 5.70. The number of aromatic nitrogens is 1. The van der Waals surface area contributed by atoms with Crippen LogP contribution in [0.2, 0.25) is 5.02 Å². The van der Waals surface area contributed by atoms with Gasteiger partial charge in [-0.1, -0.05) is 29.8 Å². The van der Waals surface area contributed by atoms with Gasteiger partial charge in [-0.05, 0) is 55.3 Å². The van der Waals surface area contributed by atoms with Gasteiger partial charge in [-0.25, -0.2) is 4.39 Å². The Bertz CT molecular complexity index is 1050. The second kappa shape index (κ2) is 8.19. The summed E-state index contributed by atoms with van der Waals surface area (Å²) < 4.78 is 13.2. The molecule has 1 heterocycles. The van der Waals surface area contributed by atoms with Gasteiger partial charge in [0.1, 0.15) is 11.5 Å². The average molecular weight is 398 g/mol. The maximum atomic E-state index is 13.2. The molecule has 2 aromatic carbocycles. The molecular weight excluding hydrogens is 381 g/mol. The first-order valence-electron chi connectivity index (χ1n) is 8.45. The first-order chi connectivity index (χ1) is 13.3. The van der Waals surface area contributed by atoms with Crippen LogP contribution in [0.4, 0.5) is 15.8 Å². The fourth-order valence-electron chi connectivity index (χ4n) is 2.66. The van der Waals surface area contributed by atoms with Crippen molar-refractivity contribution >= 4 is 34.8 Å². The summed E-state index contributed by atoms with van der Waals surface area (Å²) in [4.78, 5) is 29.0. The molecule has 0 bridgehead atoms. The summed E-state index contributed by atoms with van der Waals surface area (Å²) in [6.07, 6.45) is 1.38. The summed E-state index contributed by atoms with van der Waals surface area (Å²) in [6, 6.07) is 12.5. The van der Waals surface area contributed by atoms with Crippen LogP contribution in [0.3, 0.4) is 0 Å². The van der Waals surface area contributed by atoms with Crippen molar-refractivity contribution in [1.82, 2.24) is 4.98 Å². The number of benzene rings is 2. The lowest BCUT2D eigenvalue weighted by molar-refractivity contribution is 0.102. The molecule has 0 saturated carbocycles. The number of hydrogen-bond donors (Lipinski definition) is 2. The number of nitrogens with zero attached hydrogens (tertiary/aromatic N) is 1. The van der Waals surface area contributed by atoms with E-state index >= 15 is 0 Å². The van der Waals surface area contributed by atoms with Crippen LogP contribution in [-0.2, 0) is 0 Å². The molecular formula is C21H17ClFN3O2. The summed E-state index contributed by atoms with van der Waals surface area (Å²) in [6.45, 7) is 3.81. The Hall–Kier alpha value is -3.25. The van der Waals surface area contributed by atoms with E-state index in [0.717, 1.165) is 22.9 Å². The number of anilines is 2. The lowest BCUT2D eigenvalue weighted by atomic mass is 10.1. The molecule has 0 aliphatic rings. The number of hydrogen-bond acceptors (Lipinski definition) is 3. The highest BCUT2D eigenvalue weighted by Crippen LogP contribution is 2.21. The Morgan fingerprint density at radius 2 is 1.68 bits per heavy atom. The molecule has 28 heavy (non-hydrogen) atoms. The summed E-state index contributed by atoms with van der Waals surface area (Å²) in [5, 5.41) is 5.34. The molecule has 7 heteroatoms. The molecule has 5 nitrogen and oxygen atoms in total. The number of halogens is 2. The number of pyridine rings is 1. The number of rotatable bonds is 4. The maximum Gasteiger partial charge on any atom is 0.274 e. The Morgan fingerprint density at radius 3 is 2.36 bits per heavy atom. The quantitative estimate of drug-likeness (QED) is 0.651. The van der Waals surface area contributed by atoms with Gasteiger partial charge in [0.15, 0.2) is 0 Å². The van der Waals surface area contributed by atoms with Gasteiger partial charge >= 0.3 is 0 Å². The fourth-order valence-corrected chi connectivity index (χ4v) is 2.84. The van der Waals surface area contributed by atoms with Gasteiger partial charge in [0, 0.05) is 23.1 Å². The van der Waals surface area contributed by atoms with E-state index in [1.807, 2.05) is 32.0 Å². The molecule has 1 aromatic heterocycles. The topological polar surface area (TPSA) is 71.1 Å². The van der Waals surface area contributed by atoms with Crippen LogP contribution in [-0.4, -0.2) is 16.8 Å². The highest BCUT2D eigenvalue weighted by atomic mass is 35.5. The number of para-hydroxylation sites is 1. The minimum absolute atomic E-state index is 0.0506. The van der Waals surface area contributed by atoms with Crippen LogP contribution < -0.4 is 10.6 Å². The number of aryl methyl sites for hydroxylation is 2. The van der Waals surface area contributed by atoms with E-state index in [1.165, 1.54) is 30.5 Å². The zero-order valence-electron chi connectivity index (χ0n) is 15.2. The highest BCUT2D eigenvalue weighted by molar-refractivity contribution is 6.31. The first kappa shape index (κ1) is 19.5. The van der Waals surface area contributed by atoms with Crippen molar-refractivity contribution in [2.24, 2.45) is 0 Å². The summed E-state index contributed by atoms with van der Waals surface area (Å²) >= 11 is 5.72. The molecule has 0 aliphatic carbocycles. The molecule has 0 atom stereocenters. The highest BCUT2D eigenvalue weighted by Gasteiger charge is 2.14. The van der Waals surface area contributed by atoms with E-state index in [0.29, 0.717) is 11.3 Å². The molecule has 0 saturated heterocycles. The molecule has 3 rings (SSSR count). The monoisotopic (exact) mass is 397 g/mol. The minimum atomic E-state index is -0.581. The van der Waals surface area contributed by atoms with Crippen LogP contribution in [0, 0.1) is 19.7 Å². The van der Waals surface area contributed by atoms with E-state index < -0.39 is 11.7 Å². The lowest BCUT2D eigenvalue weighted by Crippen LogP contribution is -2.17. The number of carbonyl (C=O) groups excluding carboxylic acids is 2. The fraction of sp³-hybridized carbons (Fsp3) is 0.0952. The zero-order chi connectivity index (χ0) is 20.3. The van der Waals surface area contributed by atoms with Gasteiger partial charge in [0.25, 0.3) is 11.8 Å². The summed E-state index contributed by atoms with van der Waals surface area (Å²) in [7, 11) is 0. The Morgan fingerprint density at radius 1 is 0.964 bits per heavy atom. The van der Waals surface area contributed by atoms with Gasteiger partial charge < -0.3 is 10.6 Å². The van der Waals surface area contributed by atoms with Crippen LogP contribution in [0.15, 0.2) is 54.7 Å². The zero-order valence-corrected chi connectivity index (χ0v) is 16.0. The van der Waals surface area contributed by atoms with Crippen LogP contribution in [0.25, 0.3) is 0 Å². The van der Waals surface area contributed by atoms with Gasteiger partial charge in [0.05, 0.1) is 5.02 Å². The molecule has 3 aromatic rings. The third-order valence-corrected chi connectivity index (χ3v) is 4.44. The summed E-state index contributed by atoms with van der Waals surface area (Å²) in [5.74, 6) is -1.47. The van der Waals surface area contributed by atoms with Gasteiger partial charge in [-0.15, -0.1) is 0 Å². The van der Waals surface area contributed by atoms with Crippen molar-refractivity contribution in [3.63, 3.8) is 0 Å². The van der Waals surface area contributed by atoms with Crippen molar-refractivity contribution < 1.29 is 14.0 Å². The molecule has 0 aliphatic heterocycles. The van der Waals surface area contributed by atoms with E-state index in [-0.39, 0.29) is 16.6 Å². The molecule has 0 spiro atoms. The van der Waals surface area contributed by atoms with Crippen molar-refractivity contribution in [3.8, 4) is 0 Å². The second-order valence-corrected chi connectivity index (χ2v) is 6.64. The standard InChI is InChI=1S/C21H17ClFN3O2/c1-12-4-3-5-13(2)19(12)26-20(27)14-8-9-24-18(10-14)21(28)25-15-6-7-17(23)16(22)11-15/h3-11H,1-2H3,(H,25,28)(H,26,27). The van der Waals surface area contributed by atoms with E-state index in [4.69, 9.17) is 11.6 Å². The SMILES string of the molecule is Cc1cccc(C)c1NC(=O)c1ccnc(C(=O)Nc2ccc(F)c(Cl)c2)c1. The number of amides is 2. The van der Waals surface area contributed by atoms with E-state index in [9.17, 15) is 14.0 Å². The Balaban J connectivity index is 1.78. The summed E-state index contributed by atoms with van der Waals surface area (Å²) in [5.41, 5.74) is 3.27. The third-order valence-electron chi connectivity index (χ3n) is 4.15. The normalized spacial score (nSPS) is 10.4. The smallest absolute Gasteiger partial charge is 0.274 e. The van der Waals surface area contributed by atoms with E-state index in [2.05, 4.69) is 15.6 Å². The first-order valence-corrected chi connectivity index (χ1v) is 8.83.